The number of rotatable bonds is 4. The number of pyridine rings is 4. The van der Waals surface area contributed by atoms with E-state index in [9.17, 15) is 0 Å². The minimum Gasteiger partial charge on any atom is -0.254 e. The van der Waals surface area contributed by atoms with Crippen LogP contribution in [0.5, 0.6) is 0 Å². The number of hydrogen-bond donors (Lipinski definition) is 0. The molecule has 0 aliphatic rings. The van der Waals surface area contributed by atoms with Crippen molar-refractivity contribution in [1.82, 2.24) is 19.9 Å². The smallest absolute Gasteiger partial charge is 0.0967 e. The van der Waals surface area contributed by atoms with Gasteiger partial charge in [-0.05, 0) is 72.2 Å². The van der Waals surface area contributed by atoms with Crippen LogP contribution in [0.25, 0.3) is 43.6 Å². The van der Waals surface area contributed by atoms with Crippen LogP contribution in [0.4, 0.5) is 0 Å². The van der Waals surface area contributed by atoms with E-state index in [0.717, 1.165) is 47.8 Å². The van der Waals surface area contributed by atoms with Gasteiger partial charge in [-0.3, -0.25) is 19.9 Å². The van der Waals surface area contributed by atoms with Crippen LogP contribution in [-0.2, 0) is 25.7 Å². The average molecular weight is 473 g/mol. The lowest BCUT2D eigenvalue weighted by Crippen LogP contribution is -1.97. The van der Waals surface area contributed by atoms with Crippen molar-refractivity contribution in [3.63, 3.8) is 0 Å². The van der Waals surface area contributed by atoms with Gasteiger partial charge in [-0.1, -0.05) is 52.0 Å². The van der Waals surface area contributed by atoms with Crippen LogP contribution < -0.4 is 0 Å². The van der Waals surface area contributed by atoms with Gasteiger partial charge in [0.2, 0.25) is 0 Å². The first-order valence-electron chi connectivity index (χ1n) is 13.0. The number of nitrogens with zero attached hydrogens (tertiary/aromatic N) is 4. The fourth-order valence-electron chi connectivity index (χ4n) is 5.62. The quantitative estimate of drug-likeness (QED) is 0.245. The Labute approximate surface area is 212 Å². The Morgan fingerprint density at radius 3 is 0.806 bits per heavy atom. The lowest BCUT2D eigenvalue weighted by atomic mass is 9.93. The first-order valence-corrected chi connectivity index (χ1v) is 13.0. The Hall–Kier alpha value is -3.92. The van der Waals surface area contributed by atoms with E-state index in [1.807, 2.05) is 49.1 Å². The largest absolute Gasteiger partial charge is 0.254 e. The highest BCUT2D eigenvalue weighted by molar-refractivity contribution is 6.07. The second-order valence-corrected chi connectivity index (χ2v) is 8.93. The van der Waals surface area contributed by atoms with Crippen LogP contribution in [-0.4, -0.2) is 19.9 Å². The van der Waals surface area contributed by atoms with Gasteiger partial charge in [0.1, 0.15) is 0 Å². The lowest BCUT2D eigenvalue weighted by molar-refractivity contribution is 1.06. The van der Waals surface area contributed by atoms with Crippen molar-refractivity contribution >= 4 is 43.6 Å². The fraction of sp³-hybridized carbons (Fsp3) is 0.250. The van der Waals surface area contributed by atoms with Gasteiger partial charge in [0.15, 0.2) is 0 Å². The molecule has 0 unspecified atom stereocenters. The van der Waals surface area contributed by atoms with Gasteiger partial charge >= 0.3 is 0 Å². The van der Waals surface area contributed by atoms with Gasteiger partial charge in [0.05, 0.1) is 22.1 Å². The molecule has 0 saturated carbocycles. The minimum atomic E-state index is 1.03. The molecule has 36 heavy (non-hydrogen) atoms. The standard InChI is InChI=1S/2C16H16N2/c2*1-3-11-12(4-2)14-8-6-10-18-16(14)15-13(11)7-5-9-17-15/h2*5-10H,3-4H2,1-2H3. The van der Waals surface area contributed by atoms with Crippen molar-refractivity contribution in [2.45, 2.75) is 53.4 Å². The number of hydrogen-bond acceptors (Lipinski definition) is 4. The maximum absolute atomic E-state index is 4.53. The summed E-state index contributed by atoms with van der Waals surface area (Å²) in [5.74, 6) is 0. The molecule has 4 heteroatoms. The average Bonchev–Trinajstić information content (AvgIpc) is 2.96. The summed E-state index contributed by atoms with van der Waals surface area (Å²) in [6.07, 6.45) is 11.5. The van der Waals surface area contributed by atoms with E-state index >= 15 is 0 Å². The van der Waals surface area contributed by atoms with Crippen molar-refractivity contribution in [3.8, 4) is 0 Å². The second-order valence-electron chi connectivity index (χ2n) is 8.93. The second kappa shape index (κ2) is 10.4. The summed E-state index contributed by atoms with van der Waals surface area (Å²) in [5, 5.41) is 5.01. The normalized spacial score (nSPS) is 11.2. The molecule has 0 radical (unpaired) electrons. The number of aryl methyl sites for hydroxylation is 4. The van der Waals surface area contributed by atoms with Crippen LogP contribution >= 0.6 is 0 Å². The van der Waals surface area contributed by atoms with E-state index in [4.69, 9.17) is 0 Å². The summed E-state index contributed by atoms with van der Waals surface area (Å²) in [7, 11) is 0. The Morgan fingerprint density at radius 2 is 0.611 bits per heavy atom. The summed E-state index contributed by atoms with van der Waals surface area (Å²) in [5.41, 5.74) is 9.79. The third kappa shape index (κ3) is 3.97. The van der Waals surface area contributed by atoms with Gasteiger partial charge in [0, 0.05) is 46.3 Å². The third-order valence-electron chi connectivity index (χ3n) is 7.12. The topological polar surface area (TPSA) is 51.6 Å². The molecular weight excluding hydrogens is 440 g/mol. The molecule has 0 fully saturated rings. The molecule has 4 heterocycles. The highest BCUT2D eigenvalue weighted by atomic mass is 14.7. The highest BCUT2D eigenvalue weighted by Crippen LogP contribution is 2.32. The molecule has 0 spiro atoms. The summed E-state index contributed by atoms with van der Waals surface area (Å²) in [6, 6.07) is 16.7. The van der Waals surface area contributed by atoms with E-state index in [-0.39, 0.29) is 0 Å². The van der Waals surface area contributed by atoms with Crippen molar-refractivity contribution in [1.29, 1.82) is 0 Å². The Bertz CT molecular complexity index is 1430. The Morgan fingerprint density at radius 1 is 0.389 bits per heavy atom. The number of aromatic nitrogens is 4. The third-order valence-corrected chi connectivity index (χ3v) is 7.12. The highest BCUT2D eigenvalue weighted by Gasteiger charge is 2.14. The van der Waals surface area contributed by atoms with E-state index < -0.39 is 0 Å². The predicted octanol–water partition coefficient (Wildman–Crippen LogP) is 7.82. The number of fused-ring (bicyclic) bond motifs is 6. The zero-order valence-electron chi connectivity index (χ0n) is 21.5. The van der Waals surface area contributed by atoms with Crippen LogP contribution in [0.2, 0.25) is 0 Å². The van der Waals surface area contributed by atoms with Gasteiger partial charge in [-0.25, -0.2) is 0 Å². The van der Waals surface area contributed by atoms with Gasteiger partial charge < -0.3 is 0 Å². The molecule has 6 rings (SSSR count). The molecule has 4 nitrogen and oxygen atoms in total. The van der Waals surface area contributed by atoms with Gasteiger partial charge in [-0.2, -0.15) is 0 Å². The van der Waals surface area contributed by atoms with Gasteiger partial charge in [0.25, 0.3) is 0 Å². The molecule has 180 valence electrons. The van der Waals surface area contributed by atoms with E-state index in [1.54, 1.807) is 0 Å². The van der Waals surface area contributed by atoms with Crippen molar-refractivity contribution < 1.29 is 0 Å². The Balaban J connectivity index is 0.000000148. The number of benzene rings is 2. The maximum Gasteiger partial charge on any atom is 0.0967 e. The molecule has 0 bridgehead atoms. The molecular formula is C32H32N4. The minimum absolute atomic E-state index is 1.03. The monoisotopic (exact) mass is 472 g/mol. The first kappa shape index (κ1) is 23.8. The molecule has 0 atom stereocenters. The zero-order valence-corrected chi connectivity index (χ0v) is 21.5. The lowest BCUT2D eigenvalue weighted by Gasteiger charge is -2.13. The zero-order chi connectivity index (χ0) is 25.1. The van der Waals surface area contributed by atoms with E-state index in [1.165, 1.54) is 43.8 Å². The predicted molar refractivity (Wildman–Crippen MR) is 152 cm³/mol. The molecule has 2 aromatic carbocycles. The van der Waals surface area contributed by atoms with Crippen molar-refractivity contribution in [3.05, 3.63) is 95.6 Å². The first-order chi connectivity index (χ1) is 17.7. The fourth-order valence-corrected chi connectivity index (χ4v) is 5.62. The van der Waals surface area contributed by atoms with E-state index in [0.29, 0.717) is 0 Å². The van der Waals surface area contributed by atoms with Crippen LogP contribution in [0, 0.1) is 0 Å². The Kier molecular flexibility index (Phi) is 6.86. The molecule has 0 saturated heterocycles. The molecule has 0 N–H and O–H groups in total. The van der Waals surface area contributed by atoms with Crippen LogP contribution in [0.1, 0.15) is 49.9 Å². The van der Waals surface area contributed by atoms with Gasteiger partial charge in [-0.15, -0.1) is 0 Å². The summed E-state index contributed by atoms with van der Waals surface area (Å²) >= 11 is 0. The summed E-state index contributed by atoms with van der Waals surface area (Å²) in [6.45, 7) is 8.85. The molecule has 0 aliphatic carbocycles. The molecule has 0 aliphatic heterocycles. The molecule has 6 aromatic rings. The SMILES string of the molecule is CCc1c(CC)c2cccnc2c2ncccc12.CCc1c(CC)c2cccnc2c2ncccc12. The molecule has 0 amide bonds. The molecule has 4 aromatic heterocycles. The summed E-state index contributed by atoms with van der Waals surface area (Å²) < 4.78 is 0. The van der Waals surface area contributed by atoms with Crippen molar-refractivity contribution in [2.24, 2.45) is 0 Å². The van der Waals surface area contributed by atoms with E-state index in [2.05, 4.69) is 71.9 Å². The maximum atomic E-state index is 4.53. The van der Waals surface area contributed by atoms with Crippen LogP contribution in [0.3, 0.4) is 0 Å². The van der Waals surface area contributed by atoms with Crippen molar-refractivity contribution in [2.75, 3.05) is 0 Å². The van der Waals surface area contributed by atoms with Crippen LogP contribution in [0.15, 0.2) is 73.3 Å². The summed E-state index contributed by atoms with van der Waals surface area (Å²) in [4.78, 5) is 18.1.